The van der Waals surface area contributed by atoms with E-state index in [1.54, 1.807) is 24.0 Å². The molecule has 0 aliphatic rings. The number of nitriles is 2. The van der Waals surface area contributed by atoms with Gasteiger partial charge in [-0.2, -0.15) is 10.5 Å². The molecule has 0 amide bonds. The molecule has 0 saturated heterocycles. The Hall–Kier alpha value is -2.92. The molecule has 1 heterocycles. The van der Waals surface area contributed by atoms with E-state index in [-0.39, 0.29) is 12.2 Å². The fourth-order valence-corrected chi connectivity index (χ4v) is 2.38. The van der Waals surface area contributed by atoms with E-state index in [0.29, 0.717) is 5.82 Å². The normalized spacial score (nSPS) is 11.7. The largest absolute Gasteiger partial charge is 0.332 e. The van der Waals surface area contributed by atoms with Crippen molar-refractivity contribution in [2.45, 2.75) is 19.3 Å². The number of benzene rings is 1. The summed E-state index contributed by atoms with van der Waals surface area (Å²) in [7, 11) is 1.74. The third kappa shape index (κ3) is 3.21. The number of imidazole rings is 1. The van der Waals surface area contributed by atoms with Gasteiger partial charge in [-0.1, -0.05) is 29.8 Å². The SMILES string of the molecule is Cc1ccc(C(CC(=O)c2nccn2C)C(C#N)C#N)cc1. The lowest BCUT2D eigenvalue weighted by Crippen LogP contribution is -2.17. The average molecular weight is 292 g/mol. The van der Waals surface area contributed by atoms with Crippen molar-refractivity contribution in [3.05, 3.63) is 53.6 Å². The predicted molar refractivity (Wildman–Crippen MR) is 80.8 cm³/mol. The summed E-state index contributed by atoms with van der Waals surface area (Å²) in [6.45, 7) is 1.96. The highest BCUT2D eigenvalue weighted by Gasteiger charge is 2.27. The number of hydrogen-bond acceptors (Lipinski definition) is 4. The minimum Gasteiger partial charge on any atom is -0.332 e. The van der Waals surface area contributed by atoms with E-state index in [4.69, 9.17) is 0 Å². The first kappa shape index (κ1) is 15.5. The van der Waals surface area contributed by atoms with Crippen molar-refractivity contribution in [3.63, 3.8) is 0 Å². The van der Waals surface area contributed by atoms with Crippen molar-refractivity contribution in [1.29, 1.82) is 10.5 Å². The van der Waals surface area contributed by atoms with E-state index in [1.807, 2.05) is 43.3 Å². The van der Waals surface area contributed by atoms with Crippen LogP contribution < -0.4 is 0 Å². The van der Waals surface area contributed by atoms with Crippen molar-refractivity contribution < 1.29 is 4.79 Å². The zero-order chi connectivity index (χ0) is 16.1. The molecule has 1 atom stereocenters. The maximum Gasteiger partial charge on any atom is 0.198 e. The molecule has 1 aromatic heterocycles. The summed E-state index contributed by atoms with van der Waals surface area (Å²) in [4.78, 5) is 16.4. The number of carbonyl (C=O) groups is 1. The van der Waals surface area contributed by atoms with Gasteiger partial charge in [0.2, 0.25) is 0 Å². The number of carbonyl (C=O) groups excluding carboxylic acids is 1. The van der Waals surface area contributed by atoms with E-state index >= 15 is 0 Å². The number of aryl methyl sites for hydroxylation is 2. The van der Waals surface area contributed by atoms with Gasteiger partial charge in [0.25, 0.3) is 0 Å². The number of rotatable bonds is 5. The second-order valence-electron chi connectivity index (χ2n) is 5.24. The van der Waals surface area contributed by atoms with Gasteiger partial charge in [0.15, 0.2) is 11.6 Å². The van der Waals surface area contributed by atoms with Gasteiger partial charge in [0.1, 0.15) is 5.92 Å². The molecule has 0 spiro atoms. The molecule has 1 aromatic carbocycles. The molecule has 0 aliphatic carbocycles. The fraction of sp³-hybridized carbons (Fsp3) is 0.294. The Balaban J connectivity index is 2.32. The molecule has 0 radical (unpaired) electrons. The smallest absolute Gasteiger partial charge is 0.198 e. The van der Waals surface area contributed by atoms with E-state index in [2.05, 4.69) is 4.98 Å². The zero-order valence-electron chi connectivity index (χ0n) is 12.5. The Morgan fingerprint density at radius 2 is 1.91 bits per heavy atom. The number of hydrogen-bond donors (Lipinski definition) is 0. The second kappa shape index (κ2) is 6.69. The van der Waals surface area contributed by atoms with E-state index < -0.39 is 11.8 Å². The number of ketones is 1. The van der Waals surface area contributed by atoms with Crippen LogP contribution in [-0.4, -0.2) is 15.3 Å². The monoisotopic (exact) mass is 292 g/mol. The molecular weight excluding hydrogens is 276 g/mol. The summed E-state index contributed by atoms with van der Waals surface area (Å²) >= 11 is 0. The van der Waals surface area contributed by atoms with Crippen LogP contribution in [0.4, 0.5) is 0 Å². The molecule has 5 nitrogen and oxygen atoms in total. The molecule has 0 saturated carbocycles. The van der Waals surface area contributed by atoms with Crippen molar-refractivity contribution in [3.8, 4) is 12.1 Å². The zero-order valence-corrected chi connectivity index (χ0v) is 12.5. The fourth-order valence-electron chi connectivity index (χ4n) is 2.38. The maximum atomic E-state index is 12.4. The Kier molecular flexibility index (Phi) is 4.70. The van der Waals surface area contributed by atoms with E-state index in [1.165, 1.54) is 0 Å². The highest BCUT2D eigenvalue weighted by Crippen LogP contribution is 2.29. The highest BCUT2D eigenvalue weighted by molar-refractivity contribution is 5.93. The third-order valence-corrected chi connectivity index (χ3v) is 3.66. The quantitative estimate of drug-likeness (QED) is 0.793. The lowest BCUT2D eigenvalue weighted by Gasteiger charge is -2.17. The number of Topliss-reactive ketones (excluding diaryl/α,β-unsaturated/α-hetero) is 1. The molecule has 0 aliphatic heterocycles. The van der Waals surface area contributed by atoms with Gasteiger partial charge in [0, 0.05) is 31.8 Å². The van der Waals surface area contributed by atoms with Crippen LogP contribution in [0.25, 0.3) is 0 Å². The summed E-state index contributed by atoms with van der Waals surface area (Å²) in [5.74, 6) is -1.16. The van der Waals surface area contributed by atoms with Crippen molar-refractivity contribution in [1.82, 2.24) is 9.55 Å². The first-order chi connectivity index (χ1) is 10.6. The molecule has 22 heavy (non-hydrogen) atoms. The van der Waals surface area contributed by atoms with Crippen LogP contribution >= 0.6 is 0 Å². The summed E-state index contributed by atoms with van der Waals surface area (Å²) in [5.41, 5.74) is 1.91. The van der Waals surface area contributed by atoms with Crippen LogP contribution in [0.15, 0.2) is 36.7 Å². The molecule has 2 aromatic rings. The Labute approximate surface area is 129 Å². The van der Waals surface area contributed by atoms with Gasteiger partial charge >= 0.3 is 0 Å². The van der Waals surface area contributed by atoms with Crippen LogP contribution in [0.1, 0.15) is 34.1 Å². The van der Waals surface area contributed by atoms with Gasteiger partial charge < -0.3 is 4.57 Å². The van der Waals surface area contributed by atoms with Gasteiger partial charge in [-0.25, -0.2) is 4.98 Å². The molecule has 0 fully saturated rings. The van der Waals surface area contributed by atoms with Gasteiger partial charge in [-0.15, -0.1) is 0 Å². The Morgan fingerprint density at radius 3 is 2.41 bits per heavy atom. The lowest BCUT2D eigenvalue weighted by atomic mass is 9.83. The molecule has 110 valence electrons. The van der Waals surface area contributed by atoms with Gasteiger partial charge in [-0.05, 0) is 12.5 Å². The van der Waals surface area contributed by atoms with Crippen LogP contribution in [0.5, 0.6) is 0 Å². The van der Waals surface area contributed by atoms with Gasteiger partial charge in [0.05, 0.1) is 12.1 Å². The lowest BCUT2D eigenvalue weighted by molar-refractivity contribution is 0.0957. The Morgan fingerprint density at radius 1 is 1.27 bits per heavy atom. The topological polar surface area (TPSA) is 82.5 Å². The average Bonchev–Trinajstić information content (AvgIpc) is 2.94. The Bertz CT molecular complexity index is 732. The van der Waals surface area contributed by atoms with Crippen LogP contribution in [0.3, 0.4) is 0 Å². The first-order valence-electron chi connectivity index (χ1n) is 6.93. The van der Waals surface area contributed by atoms with Crippen molar-refractivity contribution >= 4 is 5.78 Å². The summed E-state index contributed by atoms with van der Waals surface area (Å²) in [6, 6.07) is 11.5. The molecule has 0 bridgehead atoms. The maximum absolute atomic E-state index is 12.4. The highest BCUT2D eigenvalue weighted by atomic mass is 16.1. The van der Waals surface area contributed by atoms with Crippen LogP contribution in [0.2, 0.25) is 0 Å². The number of nitrogens with zero attached hydrogens (tertiary/aromatic N) is 4. The summed E-state index contributed by atoms with van der Waals surface area (Å²) < 4.78 is 1.64. The van der Waals surface area contributed by atoms with Crippen molar-refractivity contribution in [2.75, 3.05) is 0 Å². The summed E-state index contributed by atoms with van der Waals surface area (Å²) in [5, 5.41) is 18.4. The number of aromatic nitrogens is 2. The standard InChI is InChI=1S/C17H16N4O/c1-12-3-5-13(6-4-12)15(14(10-18)11-19)9-16(22)17-20-7-8-21(17)2/h3-8,14-15H,9H2,1-2H3. The molecule has 0 N–H and O–H groups in total. The molecule has 5 heteroatoms. The van der Waals surface area contributed by atoms with E-state index in [9.17, 15) is 15.3 Å². The van der Waals surface area contributed by atoms with Crippen LogP contribution in [-0.2, 0) is 7.05 Å². The summed E-state index contributed by atoms with van der Waals surface area (Å²) in [6.07, 6.45) is 3.33. The molecule has 2 rings (SSSR count). The minimum absolute atomic E-state index is 0.0830. The second-order valence-corrected chi connectivity index (χ2v) is 5.24. The third-order valence-electron chi connectivity index (χ3n) is 3.66. The molecule has 1 unspecified atom stereocenters. The van der Waals surface area contributed by atoms with Crippen LogP contribution in [0, 0.1) is 35.5 Å². The van der Waals surface area contributed by atoms with Gasteiger partial charge in [-0.3, -0.25) is 4.79 Å². The first-order valence-corrected chi connectivity index (χ1v) is 6.93. The van der Waals surface area contributed by atoms with Crippen molar-refractivity contribution in [2.24, 2.45) is 13.0 Å². The molecular formula is C17H16N4O. The minimum atomic E-state index is -0.869. The predicted octanol–water partition coefficient (Wildman–Crippen LogP) is 2.75. The van der Waals surface area contributed by atoms with E-state index in [0.717, 1.165) is 11.1 Å².